The highest BCUT2D eigenvalue weighted by molar-refractivity contribution is 5.86. The Hall–Kier alpha value is -1.63. The van der Waals surface area contributed by atoms with Crippen molar-refractivity contribution in [1.82, 2.24) is 5.32 Å². The van der Waals surface area contributed by atoms with Crippen LogP contribution in [0.15, 0.2) is 0 Å². The van der Waals surface area contributed by atoms with Gasteiger partial charge in [0.2, 0.25) is 5.91 Å². The molecule has 0 unspecified atom stereocenters. The van der Waals surface area contributed by atoms with Crippen molar-refractivity contribution in [1.29, 1.82) is 0 Å². The molecule has 1 atom stereocenters. The van der Waals surface area contributed by atoms with Gasteiger partial charge in [-0.15, -0.1) is 0 Å². The molecular weight excluding hydrogens is 218 g/mol. The second-order valence-electron chi connectivity index (χ2n) is 3.15. The van der Waals surface area contributed by atoms with E-state index in [1.807, 2.05) is 0 Å². The average molecular weight is 233 g/mol. The molecule has 7 heteroatoms. The van der Waals surface area contributed by atoms with Gasteiger partial charge >= 0.3 is 11.9 Å². The van der Waals surface area contributed by atoms with Crippen LogP contribution in [0.5, 0.6) is 0 Å². The maximum Gasteiger partial charge on any atom is 0.326 e. The molecule has 1 amide bonds. The number of methoxy groups -OCH3 is 1. The van der Waals surface area contributed by atoms with E-state index in [0.717, 1.165) is 0 Å². The molecule has 0 rings (SSSR count). The van der Waals surface area contributed by atoms with Gasteiger partial charge in [-0.05, 0) is 6.42 Å². The molecule has 3 N–H and O–H groups in total. The number of hydrogen-bond donors (Lipinski definition) is 3. The van der Waals surface area contributed by atoms with Crippen LogP contribution in [0.3, 0.4) is 0 Å². The number of carboxylic acid groups (broad SMARTS) is 2. The molecule has 0 aliphatic heterocycles. The topological polar surface area (TPSA) is 113 Å². The molecule has 0 saturated carbocycles. The number of nitrogens with one attached hydrogen (secondary N) is 1. The zero-order chi connectivity index (χ0) is 12.6. The van der Waals surface area contributed by atoms with Crippen LogP contribution < -0.4 is 5.32 Å². The van der Waals surface area contributed by atoms with Crippen molar-refractivity contribution < 1.29 is 29.3 Å². The summed E-state index contributed by atoms with van der Waals surface area (Å²) in [7, 11) is 1.49. The number of carbonyl (C=O) groups is 3. The predicted octanol–water partition coefficient (Wildman–Crippen LogP) is -0.543. The molecule has 0 fully saturated rings. The lowest BCUT2D eigenvalue weighted by Crippen LogP contribution is -2.42. The lowest BCUT2D eigenvalue weighted by atomic mass is 10.2. The van der Waals surface area contributed by atoms with Gasteiger partial charge in [-0.3, -0.25) is 9.59 Å². The second kappa shape index (κ2) is 7.63. The summed E-state index contributed by atoms with van der Waals surface area (Å²) in [5.74, 6) is -3.13. The van der Waals surface area contributed by atoms with E-state index >= 15 is 0 Å². The lowest BCUT2D eigenvalue weighted by molar-refractivity contribution is -0.147. The monoisotopic (exact) mass is 233 g/mol. The summed E-state index contributed by atoms with van der Waals surface area (Å²) < 4.78 is 4.72. The third-order valence-corrected chi connectivity index (χ3v) is 1.76. The number of amides is 1. The number of carboxylic acids is 2. The SMILES string of the molecule is COCCCC(=O)N[C@@H](CC(=O)O)C(=O)O. The fourth-order valence-corrected chi connectivity index (χ4v) is 1.02. The van der Waals surface area contributed by atoms with Gasteiger partial charge in [-0.1, -0.05) is 0 Å². The third kappa shape index (κ3) is 6.77. The lowest BCUT2D eigenvalue weighted by Gasteiger charge is -2.11. The minimum Gasteiger partial charge on any atom is -0.481 e. The number of rotatable bonds is 8. The summed E-state index contributed by atoms with van der Waals surface area (Å²) in [5, 5.41) is 19.2. The molecule has 7 nitrogen and oxygen atoms in total. The standard InChI is InChI=1S/C9H15NO6/c1-16-4-2-3-7(11)10-6(9(14)15)5-8(12)13/h6H,2-5H2,1H3,(H,10,11)(H,12,13)(H,14,15)/t6-/m0/s1. The molecule has 0 bridgehead atoms. The first-order valence-corrected chi connectivity index (χ1v) is 4.70. The zero-order valence-electron chi connectivity index (χ0n) is 8.93. The molecule has 0 aromatic rings. The highest BCUT2D eigenvalue weighted by Gasteiger charge is 2.22. The van der Waals surface area contributed by atoms with Gasteiger partial charge in [-0.25, -0.2) is 4.79 Å². The normalized spacial score (nSPS) is 11.8. The van der Waals surface area contributed by atoms with Crippen molar-refractivity contribution in [3.8, 4) is 0 Å². The van der Waals surface area contributed by atoms with Crippen LogP contribution in [0, 0.1) is 0 Å². The maximum absolute atomic E-state index is 11.2. The predicted molar refractivity (Wildman–Crippen MR) is 52.9 cm³/mol. The van der Waals surface area contributed by atoms with E-state index in [1.54, 1.807) is 0 Å². The molecule has 0 aliphatic rings. The summed E-state index contributed by atoms with van der Waals surface area (Å²) in [6.07, 6.45) is -0.0651. The van der Waals surface area contributed by atoms with Crippen molar-refractivity contribution in [3.63, 3.8) is 0 Å². The van der Waals surface area contributed by atoms with Gasteiger partial charge in [0, 0.05) is 20.1 Å². The van der Waals surface area contributed by atoms with Crippen LogP contribution in [0.25, 0.3) is 0 Å². The summed E-state index contributed by atoms with van der Waals surface area (Å²) in [6, 6.07) is -1.38. The fourth-order valence-electron chi connectivity index (χ4n) is 1.02. The van der Waals surface area contributed by atoms with Crippen molar-refractivity contribution in [2.75, 3.05) is 13.7 Å². The smallest absolute Gasteiger partial charge is 0.326 e. The van der Waals surface area contributed by atoms with Crippen LogP contribution in [0.4, 0.5) is 0 Å². The van der Waals surface area contributed by atoms with E-state index < -0.39 is 30.3 Å². The molecule has 0 aliphatic carbocycles. The second-order valence-corrected chi connectivity index (χ2v) is 3.15. The van der Waals surface area contributed by atoms with Gasteiger partial charge in [0.05, 0.1) is 6.42 Å². The summed E-state index contributed by atoms with van der Waals surface area (Å²) in [4.78, 5) is 32.1. The number of aliphatic carboxylic acids is 2. The van der Waals surface area contributed by atoms with E-state index in [1.165, 1.54) is 7.11 Å². The average Bonchev–Trinajstić information content (AvgIpc) is 2.16. The van der Waals surface area contributed by atoms with E-state index in [-0.39, 0.29) is 6.42 Å². The zero-order valence-corrected chi connectivity index (χ0v) is 8.93. The molecule has 0 heterocycles. The van der Waals surface area contributed by atoms with Crippen LogP contribution in [-0.2, 0) is 19.1 Å². The highest BCUT2D eigenvalue weighted by Crippen LogP contribution is 1.96. The quantitative estimate of drug-likeness (QED) is 0.485. The van der Waals surface area contributed by atoms with E-state index in [2.05, 4.69) is 5.32 Å². The number of carbonyl (C=O) groups excluding carboxylic acids is 1. The van der Waals surface area contributed by atoms with Crippen LogP contribution in [-0.4, -0.2) is 47.8 Å². The molecular formula is C9H15NO6. The van der Waals surface area contributed by atoms with Crippen molar-refractivity contribution in [2.24, 2.45) is 0 Å². The van der Waals surface area contributed by atoms with Gasteiger partial charge in [0.1, 0.15) is 6.04 Å². The summed E-state index contributed by atoms with van der Waals surface area (Å²) in [5.41, 5.74) is 0. The minimum atomic E-state index is -1.38. The Labute approximate surface area is 92.4 Å². The van der Waals surface area contributed by atoms with Crippen LogP contribution in [0.2, 0.25) is 0 Å². The summed E-state index contributed by atoms with van der Waals surface area (Å²) >= 11 is 0. The van der Waals surface area contributed by atoms with Gasteiger partial charge < -0.3 is 20.3 Å². The molecule has 0 aromatic carbocycles. The highest BCUT2D eigenvalue weighted by atomic mass is 16.5. The van der Waals surface area contributed by atoms with E-state index in [4.69, 9.17) is 14.9 Å². The Bertz CT molecular complexity index is 265. The van der Waals surface area contributed by atoms with Crippen LogP contribution >= 0.6 is 0 Å². The van der Waals surface area contributed by atoms with Crippen molar-refractivity contribution >= 4 is 17.8 Å². The fraction of sp³-hybridized carbons (Fsp3) is 0.667. The first-order valence-electron chi connectivity index (χ1n) is 4.70. The van der Waals surface area contributed by atoms with Crippen molar-refractivity contribution in [3.05, 3.63) is 0 Å². The first kappa shape index (κ1) is 14.4. The Morgan fingerprint density at radius 2 is 1.94 bits per heavy atom. The minimum absolute atomic E-state index is 0.108. The largest absolute Gasteiger partial charge is 0.481 e. The Balaban J connectivity index is 4.03. The molecule has 0 spiro atoms. The van der Waals surface area contributed by atoms with Gasteiger partial charge in [0.15, 0.2) is 0 Å². The Kier molecular flexibility index (Phi) is 6.86. The molecule has 16 heavy (non-hydrogen) atoms. The number of hydrogen-bond acceptors (Lipinski definition) is 4. The summed E-state index contributed by atoms with van der Waals surface area (Å²) in [6.45, 7) is 0.393. The van der Waals surface area contributed by atoms with Gasteiger partial charge in [-0.2, -0.15) is 0 Å². The number of ether oxygens (including phenoxy) is 1. The van der Waals surface area contributed by atoms with E-state index in [0.29, 0.717) is 13.0 Å². The first-order chi connectivity index (χ1) is 7.47. The molecule has 92 valence electrons. The van der Waals surface area contributed by atoms with E-state index in [9.17, 15) is 14.4 Å². The maximum atomic E-state index is 11.2. The molecule has 0 saturated heterocycles. The van der Waals surface area contributed by atoms with Crippen molar-refractivity contribution in [2.45, 2.75) is 25.3 Å². The third-order valence-electron chi connectivity index (χ3n) is 1.76. The molecule has 0 radical (unpaired) electrons. The van der Waals surface area contributed by atoms with Crippen LogP contribution in [0.1, 0.15) is 19.3 Å². The Morgan fingerprint density at radius 3 is 2.38 bits per heavy atom. The van der Waals surface area contributed by atoms with Gasteiger partial charge in [0.25, 0.3) is 0 Å². The Morgan fingerprint density at radius 1 is 1.31 bits per heavy atom. The molecule has 0 aromatic heterocycles.